The summed E-state index contributed by atoms with van der Waals surface area (Å²) in [5.74, 6) is 1.52. The number of aryl methyl sites for hydroxylation is 1. The highest BCUT2D eigenvalue weighted by Crippen LogP contribution is 2.20. The number of imidazole rings is 1. The molecule has 90 valence electrons. The molecule has 0 aliphatic carbocycles. The van der Waals surface area contributed by atoms with Gasteiger partial charge in [0.1, 0.15) is 5.82 Å². The van der Waals surface area contributed by atoms with Crippen molar-refractivity contribution >= 4 is 23.1 Å². The summed E-state index contributed by atoms with van der Waals surface area (Å²) in [5.41, 5.74) is 6.30. The van der Waals surface area contributed by atoms with Crippen LogP contribution in [0, 0.1) is 0 Å². The van der Waals surface area contributed by atoms with Crippen LogP contribution in [0.15, 0.2) is 18.6 Å². The van der Waals surface area contributed by atoms with E-state index in [1.807, 2.05) is 29.8 Å². The van der Waals surface area contributed by atoms with Gasteiger partial charge in [-0.1, -0.05) is 0 Å². The topological polar surface area (TPSA) is 72.9 Å². The van der Waals surface area contributed by atoms with E-state index >= 15 is 0 Å². The van der Waals surface area contributed by atoms with Crippen LogP contribution in [0.25, 0.3) is 0 Å². The van der Waals surface area contributed by atoms with Crippen LogP contribution in [0.5, 0.6) is 0 Å². The van der Waals surface area contributed by atoms with Gasteiger partial charge in [-0.3, -0.25) is 0 Å². The van der Waals surface area contributed by atoms with E-state index in [-0.39, 0.29) is 5.28 Å². The predicted molar refractivity (Wildman–Crippen MR) is 66.8 cm³/mol. The third-order valence-corrected chi connectivity index (χ3v) is 2.61. The summed E-state index contributed by atoms with van der Waals surface area (Å²) < 4.78 is 1.94. The average Bonchev–Trinajstić information content (AvgIpc) is 2.68. The van der Waals surface area contributed by atoms with Crippen LogP contribution in [-0.4, -0.2) is 26.6 Å². The van der Waals surface area contributed by atoms with Crippen molar-refractivity contribution in [1.29, 1.82) is 0 Å². The number of nitrogens with zero attached hydrogens (tertiary/aromatic N) is 5. The molecule has 17 heavy (non-hydrogen) atoms. The highest BCUT2D eigenvalue weighted by molar-refractivity contribution is 6.28. The summed E-state index contributed by atoms with van der Waals surface area (Å²) in [7, 11) is 3.82. The van der Waals surface area contributed by atoms with Crippen LogP contribution >= 0.6 is 11.6 Å². The second-order valence-corrected chi connectivity index (χ2v) is 4.07. The maximum Gasteiger partial charge on any atom is 0.224 e. The number of rotatable bonds is 3. The maximum atomic E-state index is 5.80. The Morgan fingerprint density at radius 2 is 2.24 bits per heavy atom. The molecule has 2 heterocycles. The van der Waals surface area contributed by atoms with Gasteiger partial charge in [0, 0.05) is 26.5 Å². The third kappa shape index (κ3) is 2.47. The highest BCUT2D eigenvalue weighted by atomic mass is 35.5. The minimum atomic E-state index is 0.181. The number of nitrogens with two attached hydrogens (primary N) is 1. The molecule has 0 saturated carbocycles. The van der Waals surface area contributed by atoms with E-state index in [4.69, 9.17) is 17.3 Å². The second kappa shape index (κ2) is 4.58. The number of hydrogen-bond donors (Lipinski definition) is 1. The van der Waals surface area contributed by atoms with Crippen molar-refractivity contribution in [3.8, 4) is 0 Å². The molecule has 2 N–H and O–H groups in total. The van der Waals surface area contributed by atoms with Crippen molar-refractivity contribution in [2.45, 2.75) is 6.54 Å². The lowest BCUT2D eigenvalue weighted by Crippen LogP contribution is -2.21. The van der Waals surface area contributed by atoms with E-state index in [2.05, 4.69) is 15.0 Å². The molecule has 0 unspecified atom stereocenters. The minimum absolute atomic E-state index is 0.181. The van der Waals surface area contributed by atoms with Crippen molar-refractivity contribution in [2.24, 2.45) is 7.05 Å². The molecule has 7 heteroatoms. The van der Waals surface area contributed by atoms with Crippen molar-refractivity contribution in [1.82, 2.24) is 19.5 Å². The lowest BCUT2D eigenvalue weighted by Gasteiger charge is -2.19. The molecular weight excluding hydrogens is 240 g/mol. The molecule has 0 aliphatic rings. The molecule has 6 nitrogen and oxygen atoms in total. The monoisotopic (exact) mass is 252 g/mol. The fourth-order valence-corrected chi connectivity index (χ4v) is 1.63. The van der Waals surface area contributed by atoms with Gasteiger partial charge in [-0.2, -0.15) is 4.98 Å². The van der Waals surface area contributed by atoms with Crippen LogP contribution in [0.4, 0.5) is 11.5 Å². The number of anilines is 2. The van der Waals surface area contributed by atoms with Crippen LogP contribution in [0.1, 0.15) is 5.82 Å². The molecular formula is C10H13ClN6. The zero-order valence-corrected chi connectivity index (χ0v) is 10.4. The highest BCUT2D eigenvalue weighted by Gasteiger charge is 2.11. The second-order valence-electron chi connectivity index (χ2n) is 3.73. The standard InChI is InChI=1S/C10H13ClN6/c1-16-4-3-13-8(16)6-17(2)9-7(12)5-14-10(11)15-9/h3-5H,6,12H2,1-2H3. The van der Waals surface area contributed by atoms with Gasteiger partial charge in [-0.05, 0) is 11.6 Å². The minimum Gasteiger partial charge on any atom is -0.394 e. The molecule has 2 aromatic heterocycles. The van der Waals surface area contributed by atoms with Crippen molar-refractivity contribution < 1.29 is 0 Å². The summed E-state index contributed by atoms with van der Waals surface area (Å²) in [4.78, 5) is 14.0. The lowest BCUT2D eigenvalue weighted by atomic mass is 10.4. The van der Waals surface area contributed by atoms with Crippen molar-refractivity contribution in [3.63, 3.8) is 0 Å². The Bertz CT molecular complexity index is 523. The van der Waals surface area contributed by atoms with Crippen LogP contribution in [-0.2, 0) is 13.6 Å². The Hall–Kier alpha value is -1.82. The van der Waals surface area contributed by atoms with Gasteiger partial charge < -0.3 is 15.2 Å². The molecule has 0 spiro atoms. The molecule has 0 bridgehead atoms. The van der Waals surface area contributed by atoms with E-state index in [0.29, 0.717) is 18.1 Å². The van der Waals surface area contributed by atoms with Gasteiger partial charge in [0.2, 0.25) is 5.28 Å². The molecule has 0 aliphatic heterocycles. The predicted octanol–water partition coefficient (Wildman–Crippen LogP) is 1.08. The van der Waals surface area contributed by atoms with E-state index in [1.165, 1.54) is 6.20 Å². The van der Waals surface area contributed by atoms with Gasteiger partial charge in [-0.25, -0.2) is 9.97 Å². The van der Waals surface area contributed by atoms with Crippen molar-refractivity contribution in [3.05, 3.63) is 29.7 Å². The van der Waals surface area contributed by atoms with E-state index in [9.17, 15) is 0 Å². The number of aromatic nitrogens is 4. The first-order chi connectivity index (χ1) is 8.08. The van der Waals surface area contributed by atoms with Gasteiger partial charge in [0.15, 0.2) is 5.82 Å². The first-order valence-electron chi connectivity index (χ1n) is 5.03. The van der Waals surface area contributed by atoms with Crippen LogP contribution < -0.4 is 10.6 Å². The molecule has 2 aromatic rings. The van der Waals surface area contributed by atoms with Crippen LogP contribution in [0.3, 0.4) is 0 Å². The normalized spacial score (nSPS) is 10.5. The summed E-state index contributed by atoms with van der Waals surface area (Å²) in [6.07, 6.45) is 5.14. The van der Waals surface area contributed by atoms with Crippen LogP contribution in [0.2, 0.25) is 5.28 Å². The third-order valence-electron chi connectivity index (χ3n) is 2.43. The Balaban J connectivity index is 2.23. The fraction of sp³-hybridized carbons (Fsp3) is 0.300. The summed E-state index contributed by atoms with van der Waals surface area (Å²) in [5, 5.41) is 0.181. The largest absolute Gasteiger partial charge is 0.394 e. The Kier molecular flexibility index (Phi) is 3.14. The zero-order chi connectivity index (χ0) is 12.4. The molecule has 0 amide bonds. The Labute approximate surface area is 104 Å². The van der Waals surface area contributed by atoms with Gasteiger partial charge in [0.05, 0.1) is 18.4 Å². The molecule has 2 rings (SSSR count). The molecule has 0 atom stereocenters. The number of hydrogen-bond acceptors (Lipinski definition) is 5. The summed E-state index contributed by atoms with van der Waals surface area (Å²) in [6, 6.07) is 0. The SMILES string of the molecule is CN(Cc1nccn1C)c1nc(Cl)ncc1N. The summed E-state index contributed by atoms with van der Waals surface area (Å²) in [6.45, 7) is 0.598. The Morgan fingerprint density at radius 1 is 1.47 bits per heavy atom. The molecule has 0 radical (unpaired) electrons. The van der Waals surface area contributed by atoms with E-state index < -0.39 is 0 Å². The molecule has 0 saturated heterocycles. The first-order valence-corrected chi connectivity index (χ1v) is 5.41. The maximum absolute atomic E-state index is 5.80. The number of halogens is 1. The fourth-order valence-electron chi connectivity index (χ4n) is 1.50. The van der Waals surface area contributed by atoms with Gasteiger partial charge in [0.25, 0.3) is 0 Å². The van der Waals surface area contributed by atoms with E-state index in [0.717, 1.165) is 5.82 Å². The average molecular weight is 253 g/mol. The van der Waals surface area contributed by atoms with Gasteiger partial charge >= 0.3 is 0 Å². The number of nitrogen functional groups attached to an aromatic ring is 1. The zero-order valence-electron chi connectivity index (χ0n) is 9.63. The van der Waals surface area contributed by atoms with Gasteiger partial charge in [-0.15, -0.1) is 0 Å². The molecule has 0 fully saturated rings. The van der Waals surface area contributed by atoms with E-state index in [1.54, 1.807) is 6.20 Å². The first kappa shape index (κ1) is 11.7. The smallest absolute Gasteiger partial charge is 0.224 e. The quantitative estimate of drug-likeness (QED) is 0.828. The summed E-state index contributed by atoms with van der Waals surface area (Å²) >= 11 is 5.75. The lowest BCUT2D eigenvalue weighted by molar-refractivity contribution is 0.755. The van der Waals surface area contributed by atoms with Crippen molar-refractivity contribution in [2.75, 3.05) is 17.7 Å². The Morgan fingerprint density at radius 3 is 2.88 bits per heavy atom. The molecule has 0 aromatic carbocycles.